The fourth-order valence-electron chi connectivity index (χ4n) is 3.62. The number of benzene rings is 1. The summed E-state index contributed by atoms with van der Waals surface area (Å²) in [6.45, 7) is 11.5. The van der Waals surface area contributed by atoms with Crippen LogP contribution in [-0.2, 0) is 12.8 Å². The average Bonchev–Trinajstić information content (AvgIpc) is 2.89. The molecule has 122 valence electrons. The summed E-state index contributed by atoms with van der Waals surface area (Å²) in [5.41, 5.74) is 5.54. The zero-order valence-corrected chi connectivity index (χ0v) is 14.4. The SMILES string of the molecule is C=C(C)CN(CC)C(=O)c1cccc2c3c([nH]c12)CCC(C)C3. The van der Waals surface area contributed by atoms with Crippen molar-refractivity contribution < 1.29 is 4.79 Å². The predicted molar refractivity (Wildman–Crippen MR) is 95.9 cm³/mol. The van der Waals surface area contributed by atoms with Gasteiger partial charge in [-0.3, -0.25) is 4.79 Å². The largest absolute Gasteiger partial charge is 0.358 e. The average molecular weight is 310 g/mol. The first-order chi connectivity index (χ1) is 11.0. The van der Waals surface area contributed by atoms with Gasteiger partial charge in [-0.2, -0.15) is 0 Å². The normalized spacial score (nSPS) is 17.1. The standard InChI is InChI=1S/C20H26N2O/c1-5-22(12-13(2)3)20(23)16-8-6-7-15-17-11-14(4)9-10-18(17)21-19(15)16/h6-8,14,21H,2,5,9-12H2,1,3-4H3. The molecule has 1 heterocycles. The van der Waals surface area contributed by atoms with Gasteiger partial charge in [0, 0.05) is 24.2 Å². The maximum Gasteiger partial charge on any atom is 0.256 e. The number of H-pyrrole nitrogens is 1. The van der Waals surface area contributed by atoms with E-state index in [-0.39, 0.29) is 5.91 Å². The van der Waals surface area contributed by atoms with Crippen LogP contribution < -0.4 is 0 Å². The minimum Gasteiger partial charge on any atom is -0.358 e. The summed E-state index contributed by atoms with van der Waals surface area (Å²) in [4.78, 5) is 18.4. The van der Waals surface area contributed by atoms with Crippen LogP contribution in [0.5, 0.6) is 0 Å². The Morgan fingerprint density at radius 2 is 2.22 bits per heavy atom. The molecule has 1 N–H and O–H groups in total. The fourth-order valence-corrected chi connectivity index (χ4v) is 3.62. The Hall–Kier alpha value is -2.03. The van der Waals surface area contributed by atoms with Crippen LogP contribution in [0.15, 0.2) is 30.4 Å². The minimum atomic E-state index is 0.0905. The van der Waals surface area contributed by atoms with Crippen LogP contribution in [-0.4, -0.2) is 28.9 Å². The van der Waals surface area contributed by atoms with Gasteiger partial charge in [0.25, 0.3) is 5.91 Å². The Balaban J connectivity index is 2.05. The number of fused-ring (bicyclic) bond motifs is 3. The van der Waals surface area contributed by atoms with Crippen LogP contribution in [0, 0.1) is 5.92 Å². The fraction of sp³-hybridized carbons (Fsp3) is 0.450. The lowest BCUT2D eigenvalue weighted by Crippen LogP contribution is -2.32. The molecule has 23 heavy (non-hydrogen) atoms. The summed E-state index contributed by atoms with van der Waals surface area (Å²) < 4.78 is 0. The van der Waals surface area contributed by atoms with Gasteiger partial charge in [0.2, 0.25) is 0 Å². The quantitative estimate of drug-likeness (QED) is 0.838. The number of likely N-dealkylation sites (N-methyl/N-ethyl adjacent to an activating group) is 1. The molecule has 0 bridgehead atoms. The molecule has 3 heteroatoms. The molecule has 3 nitrogen and oxygen atoms in total. The smallest absolute Gasteiger partial charge is 0.256 e. The molecule has 0 radical (unpaired) electrons. The van der Waals surface area contributed by atoms with Gasteiger partial charge in [0.1, 0.15) is 0 Å². The number of nitrogens with one attached hydrogen (secondary N) is 1. The number of nitrogens with zero attached hydrogens (tertiary/aromatic N) is 1. The van der Waals surface area contributed by atoms with E-state index in [9.17, 15) is 4.79 Å². The molecule has 1 aliphatic carbocycles. The van der Waals surface area contributed by atoms with E-state index < -0.39 is 0 Å². The monoisotopic (exact) mass is 310 g/mol. The van der Waals surface area contributed by atoms with Gasteiger partial charge in [0.05, 0.1) is 11.1 Å². The van der Waals surface area contributed by atoms with Crippen LogP contribution in [0.1, 0.15) is 48.8 Å². The highest BCUT2D eigenvalue weighted by Crippen LogP contribution is 2.33. The Bertz CT molecular complexity index is 756. The molecular formula is C20H26N2O. The third kappa shape index (κ3) is 2.92. The van der Waals surface area contributed by atoms with Crippen molar-refractivity contribution in [2.45, 2.75) is 40.0 Å². The lowest BCUT2D eigenvalue weighted by Gasteiger charge is -2.21. The van der Waals surface area contributed by atoms with Crippen LogP contribution in [0.4, 0.5) is 0 Å². The summed E-state index contributed by atoms with van der Waals surface area (Å²) in [6, 6.07) is 6.10. The van der Waals surface area contributed by atoms with E-state index in [1.807, 2.05) is 30.9 Å². The van der Waals surface area contributed by atoms with Crippen LogP contribution in [0.2, 0.25) is 0 Å². The lowest BCUT2D eigenvalue weighted by atomic mass is 9.87. The first kappa shape index (κ1) is 15.9. The third-order valence-electron chi connectivity index (χ3n) is 4.83. The minimum absolute atomic E-state index is 0.0905. The number of carbonyl (C=O) groups is 1. The number of hydrogen-bond donors (Lipinski definition) is 1. The van der Waals surface area contributed by atoms with Gasteiger partial charge in [-0.05, 0) is 50.7 Å². The molecule has 3 rings (SSSR count). The highest BCUT2D eigenvalue weighted by atomic mass is 16.2. The van der Waals surface area contributed by atoms with Gasteiger partial charge in [0.15, 0.2) is 0 Å². The number of aryl methyl sites for hydroxylation is 1. The van der Waals surface area contributed by atoms with Crippen LogP contribution in [0.25, 0.3) is 10.9 Å². The predicted octanol–water partition coefficient (Wildman–Crippen LogP) is 4.33. The second kappa shape index (κ2) is 6.23. The van der Waals surface area contributed by atoms with Crippen LogP contribution >= 0.6 is 0 Å². The summed E-state index contributed by atoms with van der Waals surface area (Å²) >= 11 is 0. The Kier molecular flexibility index (Phi) is 4.29. The number of aromatic nitrogens is 1. The van der Waals surface area contributed by atoms with E-state index in [0.717, 1.165) is 35.4 Å². The van der Waals surface area contributed by atoms with Gasteiger partial charge < -0.3 is 9.88 Å². The van der Waals surface area contributed by atoms with Crippen molar-refractivity contribution in [3.8, 4) is 0 Å². The van der Waals surface area contributed by atoms with Gasteiger partial charge in [-0.25, -0.2) is 0 Å². The van der Waals surface area contributed by atoms with E-state index in [1.165, 1.54) is 23.1 Å². The Labute approximate surface area is 138 Å². The molecule has 1 amide bonds. The van der Waals surface area contributed by atoms with E-state index >= 15 is 0 Å². The zero-order chi connectivity index (χ0) is 16.6. The number of carbonyl (C=O) groups excluding carboxylic acids is 1. The van der Waals surface area contributed by atoms with Crippen molar-refractivity contribution >= 4 is 16.8 Å². The van der Waals surface area contributed by atoms with Gasteiger partial charge in [-0.1, -0.05) is 31.2 Å². The first-order valence-electron chi connectivity index (χ1n) is 8.57. The second-order valence-electron chi connectivity index (χ2n) is 6.93. The lowest BCUT2D eigenvalue weighted by molar-refractivity contribution is 0.0780. The summed E-state index contributed by atoms with van der Waals surface area (Å²) in [5.74, 6) is 0.809. The van der Waals surface area contributed by atoms with E-state index in [1.54, 1.807) is 0 Å². The number of rotatable bonds is 4. The Morgan fingerprint density at radius 1 is 1.43 bits per heavy atom. The molecule has 0 fully saturated rings. The topological polar surface area (TPSA) is 36.1 Å². The van der Waals surface area contributed by atoms with Gasteiger partial charge >= 0.3 is 0 Å². The molecule has 1 unspecified atom stereocenters. The van der Waals surface area contributed by atoms with Gasteiger partial charge in [-0.15, -0.1) is 0 Å². The molecule has 1 aliphatic rings. The zero-order valence-electron chi connectivity index (χ0n) is 14.4. The molecule has 1 atom stereocenters. The number of aromatic amines is 1. The van der Waals surface area contributed by atoms with E-state index in [0.29, 0.717) is 13.1 Å². The summed E-state index contributed by atoms with van der Waals surface area (Å²) in [6.07, 6.45) is 3.41. The summed E-state index contributed by atoms with van der Waals surface area (Å²) in [5, 5.41) is 1.23. The maximum absolute atomic E-state index is 13.0. The highest BCUT2D eigenvalue weighted by molar-refractivity contribution is 6.06. The molecule has 1 aromatic carbocycles. The summed E-state index contributed by atoms with van der Waals surface area (Å²) in [7, 11) is 0. The van der Waals surface area contributed by atoms with Crippen molar-refractivity contribution in [2.24, 2.45) is 5.92 Å². The van der Waals surface area contributed by atoms with Crippen molar-refractivity contribution in [1.82, 2.24) is 9.88 Å². The highest BCUT2D eigenvalue weighted by Gasteiger charge is 2.23. The molecule has 0 spiro atoms. The second-order valence-corrected chi connectivity index (χ2v) is 6.93. The maximum atomic E-state index is 13.0. The number of amides is 1. The van der Waals surface area contributed by atoms with Crippen molar-refractivity contribution in [1.29, 1.82) is 0 Å². The van der Waals surface area contributed by atoms with Crippen molar-refractivity contribution in [3.05, 3.63) is 47.2 Å². The van der Waals surface area contributed by atoms with Crippen molar-refractivity contribution in [2.75, 3.05) is 13.1 Å². The van der Waals surface area contributed by atoms with Crippen molar-refractivity contribution in [3.63, 3.8) is 0 Å². The van der Waals surface area contributed by atoms with Crippen LogP contribution in [0.3, 0.4) is 0 Å². The van der Waals surface area contributed by atoms with E-state index in [2.05, 4.69) is 24.6 Å². The molecule has 2 aromatic rings. The molecule has 0 aliphatic heterocycles. The molecule has 0 saturated carbocycles. The Morgan fingerprint density at radius 3 is 2.91 bits per heavy atom. The first-order valence-corrected chi connectivity index (χ1v) is 8.57. The molecular weight excluding hydrogens is 284 g/mol. The number of para-hydroxylation sites is 1. The number of hydrogen-bond acceptors (Lipinski definition) is 1. The third-order valence-corrected chi connectivity index (χ3v) is 4.83. The molecule has 0 saturated heterocycles. The molecule has 1 aromatic heterocycles. The van der Waals surface area contributed by atoms with E-state index in [4.69, 9.17) is 0 Å².